The molecule has 2 aliphatic rings. The molecular formula is C10H17NO3. The van der Waals surface area contributed by atoms with E-state index in [0.29, 0.717) is 12.5 Å². The Morgan fingerprint density at radius 3 is 3.14 bits per heavy atom. The highest BCUT2D eigenvalue weighted by atomic mass is 16.6. The molecule has 0 spiro atoms. The number of amides is 1. The van der Waals surface area contributed by atoms with Gasteiger partial charge >= 0.3 is 6.09 Å². The molecule has 80 valence electrons. The second-order valence-corrected chi connectivity index (χ2v) is 4.42. The minimum Gasteiger partial charge on any atom is -0.441 e. The summed E-state index contributed by atoms with van der Waals surface area (Å²) in [5, 5.41) is 0. The second-order valence-electron chi connectivity index (χ2n) is 4.42. The Bertz CT molecular complexity index is 229. The zero-order valence-corrected chi connectivity index (χ0v) is 8.73. The first-order valence-electron chi connectivity index (χ1n) is 5.24. The van der Waals surface area contributed by atoms with Gasteiger partial charge in [0.05, 0.1) is 12.6 Å². The lowest BCUT2D eigenvalue weighted by atomic mass is 10.1. The van der Waals surface area contributed by atoms with Crippen LogP contribution in [0.1, 0.15) is 20.3 Å². The summed E-state index contributed by atoms with van der Waals surface area (Å²) in [4.78, 5) is 12.9. The van der Waals surface area contributed by atoms with Gasteiger partial charge in [-0.05, 0) is 12.3 Å². The molecular weight excluding hydrogens is 182 g/mol. The number of hydrogen-bond acceptors (Lipinski definition) is 3. The molecule has 0 aromatic rings. The summed E-state index contributed by atoms with van der Waals surface area (Å²) >= 11 is 0. The quantitative estimate of drug-likeness (QED) is 0.686. The van der Waals surface area contributed by atoms with Crippen molar-refractivity contribution >= 4 is 6.09 Å². The molecule has 2 heterocycles. The van der Waals surface area contributed by atoms with Crippen molar-refractivity contribution < 1.29 is 14.3 Å². The molecule has 2 bridgehead atoms. The number of nitrogens with zero attached hydrogens (tertiary/aromatic N) is 1. The largest absolute Gasteiger partial charge is 0.441 e. The molecule has 4 heteroatoms. The molecule has 2 unspecified atom stereocenters. The van der Waals surface area contributed by atoms with Gasteiger partial charge < -0.3 is 14.4 Å². The van der Waals surface area contributed by atoms with E-state index in [-0.39, 0.29) is 18.3 Å². The van der Waals surface area contributed by atoms with E-state index in [4.69, 9.17) is 9.47 Å². The van der Waals surface area contributed by atoms with Crippen LogP contribution in [0.5, 0.6) is 0 Å². The van der Waals surface area contributed by atoms with Crippen molar-refractivity contribution in [3.05, 3.63) is 0 Å². The summed E-state index contributed by atoms with van der Waals surface area (Å²) in [6, 6.07) is 0. The van der Waals surface area contributed by atoms with Crippen molar-refractivity contribution in [3.63, 3.8) is 0 Å². The molecule has 0 radical (unpaired) electrons. The molecule has 0 N–H and O–H groups in total. The lowest BCUT2D eigenvalue weighted by Gasteiger charge is -2.27. The van der Waals surface area contributed by atoms with Gasteiger partial charge in [-0.15, -0.1) is 0 Å². The average molecular weight is 199 g/mol. The van der Waals surface area contributed by atoms with Crippen molar-refractivity contribution in [2.24, 2.45) is 5.92 Å². The highest BCUT2D eigenvalue weighted by Crippen LogP contribution is 2.24. The maximum Gasteiger partial charge on any atom is 0.410 e. The van der Waals surface area contributed by atoms with Gasteiger partial charge in [-0.3, -0.25) is 0 Å². The van der Waals surface area contributed by atoms with E-state index in [2.05, 4.69) is 13.8 Å². The molecule has 2 fully saturated rings. The van der Waals surface area contributed by atoms with Crippen LogP contribution in [0, 0.1) is 5.92 Å². The summed E-state index contributed by atoms with van der Waals surface area (Å²) in [6.45, 7) is 6.48. The Morgan fingerprint density at radius 1 is 1.64 bits per heavy atom. The number of carbonyl (C=O) groups excluding carboxylic acids is 1. The molecule has 2 saturated heterocycles. The fourth-order valence-electron chi connectivity index (χ4n) is 1.88. The first-order chi connectivity index (χ1) is 6.66. The molecule has 4 nitrogen and oxygen atoms in total. The normalized spacial score (nSPS) is 31.1. The first-order valence-corrected chi connectivity index (χ1v) is 5.24. The minimum absolute atomic E-state index is 0.0324. The lowest BCUT2D eigenvalue weighted by Crippen LogP contribution is -2.41. The van der Waals surface area contributed by atoms with Gasteiger partial charge in [0, 0.05) is 13.2 Å². The van der Waals surface area contributed by atoms with Gasteiger partial charge in [0.15, 0.2) is 0 Å². The van der Waals surface area contributed by atoms with Gasteiger partial charge in [-0.2, -0.15) is 0 Å². The Labute approximate surface area is 84.2 Å². The highest BCUT2D eigenvalue weighted by Gasteiger charge is 2.41. The number of ether oxygens (including phenoxy) is 2. The minimum atomic E-state index is -0.175. The first kappa shape index (κ1) is 9.77. The van der Waals surface area contributed by atoms with E-state index < -0.39 is 0 Å². The van der Waals surface area contributed by atoms with Crippen LogP contribution in [-0.2, 0) is 9.47 Å². The zero-order chi connectivity index (χ0) is 10.1. The summed E-state index contributed by atoms with van der Waals surface area (Å²) in [7, 11) is 0. The van der Waals surface area contributed by atoms with Crippen molar-refractivity contribution in [2.45, 2.75) is 32.5 Å². The number of hydrogen-bond donors (Lipinski definition) is 0. The summed E-state index contributed by atoms with van der Waals surface area (Å²) in [6.07, 6.45) is 0.809. The number of piperidine rings is 1. The molecule has 1 amide bonds. The van der Waals surface area contributed by atoms with Crippen LogP contribution in [0.4, 0.5) is 4.79 Å². The van der Waals surface area contributed by atoms with Crippen molar-refractivity contribution in [1.29, 1.82) is 0 Å². The molecule has 2 atom stereocenters. The number of carbonyl (C=O) groups is 1. The maximum atomic E-state index is 11.2. The van der Waals surface area contributed by atoms with Crippen LogP contribution >= 0.6 is 0 Å². The molecule has 14 heavy (non-hydrogen) atoms. The van der Waals surface area contributed by atoms with Gasteiger partial charge in [0.25, 0.3) is 0 Å². The van der Waals surface area contributed by atoms with Crippen LogP contribution < -0.4 is 0 Å². The Hall–Kier alpha value is -0.770. The van der Waals surface area contributed by atoms with Gasteiger partial charge in [0.2, 0.25) is 0 Å². The third-order valence-electron chi connectivity index (χ3n) is 2.65. The van der Waals surface area contributed by atoms with Crippen molar-refractivity contribution in [1.82, 2.24) is 4.90 Å². The predicted octanol–water partition coefficient (Wildman–Crippen LogP) is 1.25. The van der Waals surface area contributed by atoms with Gasteiger partial charge in [0.1, 0.15) is 6.10 Å². The van der Waals surface area contributed by atoms with Crippen LogP contribution in [0.15, 0.2) is 0 Å². The molecule has 0 saturated carbocycles. The topological polar surface area (TPSA) is 38.8 Å². The molecule has 0 aromatic carbocycles. The highest BCUT2D eigenvalue weighted by molar-refractivity contribution is 5.70. The lowest BCUT2D eigenvalue weighted by molar-refractivity contribution is -0.0443. The second kappa shape index (κ2) is 3.77. The van der Waals surface area contributed by atoms with E-state index in [1.54, 1.807) is 4.90 Å². The SMILES string of the molecule is CC(C)COC1CCN2CC1OC2=O. The van der Waals surface area contributed by atoms with E-state index in [9.17, 15) is 4.79 Å². The summed E-state index contributed by atoms with van der Waals surface area (Å²) in [5.41, 5.74) is 0. The van der Waals surface area contributed by atoms with Gasteiger partial charge in [-0.25, -0.2) is 4.79 Å². The summed E-state index contributed by atoms with van der Waals surface area (Å²) in [5.74, 6) is 0.533. The molecule has 0 aliphatic carbocycles. The third-order valence-corrected chi connectivity index (χ3v) is 2.65. The van der Waals surface area contributed by atoms with E-state index >= 15 is 0 Å². The smallest absolute Gasteiger partial charge is 0.410 e. The fourth-order valence-corrected chi connectivity index (χ4v) is 1.88. The van der Waals surface area contributed by atoms with Crippen LogP contribution in [0.25, 0.3) is 0 Å². The Morgan fingerprint density at radius 2 is 2.43 bits per heavy atom. The number of fused-ring (bicyclic) bond motifs is 2. The van der Waals surface area contributed by atoms with Crippen molar-refractivity contribution in [2.75, 3.05) is 19.7 Å². The monoisotopic (exact) mass is 199 g/mol. The summed E-state index contributed by atoms with van der Waals surface area (Å²) < 4.78 is 10.9. The number of rotatable bonds is 3. The zero-order valence-electron chi connectivity index (χ0n) is 8.73. The standard InChI is InChI=1S/C10H17NO3/c1-7(2)6-13-8-3-4-11-5-9(8)14-10(11)12/h7-9H,3-6H2,1-2H3. The van der Waals surface area contributed by atoms with Gasteiger partial charge in [-0.1, -0.05) is 13.8 Å². The Balaban J connectivity index is 1.86. The predicted molar refractivity (Wildman–Crippen MR) is 51.0 cm³/mol. The molecule has 0 aromatic heterocycles. The van der Waals surface area contributed by atoms with Crippen LogP contribution in [0.2, 0.25) is 0 Å². The molecule has 2 rings (SSSR count). The average Bonchev–Trinajstić information content (AvgIpc) is 2.42. The fraction of sp³-hybridized carbons (Fsp3) is 0.900. The Kier molecular flexibility index (Phi) is 2.63. The van der Waals surface area contributed by atoms with E-state index in [0.717, 1.165) is 19.6 Å². The maximum absolute atomic E-state index is 11.2. The van der Waals surface area contributed by atoms with Crippen LogP contribution in [-0.4, -0.2) is 42.9 Å². The molecule has 2 aliphatic heterocycles. The van der Waals surface area contributed by atoms with Crippen LogP contribution in [0.3, 0.4) is 0 Å². The van der Waals surface area contributed by atoms with E-state index in [1.165, 1.54) is 0 Å². The third kappa shape index (κ3) is 1.85. The van der Waals surface area contributed by atoms with Crippen molar-refractivity contribution in [3.8, 4) is 0 Å². The van der Waals surface area contributed by atoms with E-state index in [1.807, 2.05) is 0 Å².